The van der Waals surface area contributed by atoms with E-state index in [4.69, 9.17) is 26.8 Å². The van der Waals surface area contributed by atoms with E-state index in [0.29, 0.717) is 64.6 Å². The Morgan fingerprint density at radius 2 is 1.91 bits per heavy atom. The summed E-state index contributed by atoms with van der Waals surface area (Å²) in [5.41, 5.74) is 6.82. The highest BCUT2D eigenvalue weighted by Crippen LogP contribution is 2.31. The first-order valence-corrected chi connectivity index (χ1v) is 13.9. The van der Waals surface area contributed by atoms with Crippen LogP contribution in [0.25, 0.3) is 21.7 Å². The number of nitrogens with zero attached hydrogens (tertiary/aromatic N) is 4. The van der Waals surface area contributed by atoms with E-state index in [1.165, 1.54) is 6.20 Å². The Kier molecular flexibility index (Phi) is 7.66. The summed E-state index contributed by atoms with van der Waals surface area (Å²) in [5.74, 6) is -0.355. The summed E-state index contributed by atoms with van der Waals surface area (Å²) >= 11 is 6.10. The maximum absolute atomic E-state index is 13.5. The van der Waals surface area contributed by atoms with Crippen LogP contribution in [-0.2, 0) is 11.3 Å². The third-order valence-corrected chi connectivity index (χ3v) is 7.56. The third kappa shape index (κ3) is 5.85. The Morgan fingerprint density at radius 3 is 2.65 bits per heavy atom. The van der Waals surface area contributed by atoms with Crippen molar-refractivity contribution in [1.29, 1.82) is 0 Å². The van der Waals surface area contributed by atoms with Gasteiger partial charge in [0, 0.05) is 60.1 Å². The number of primary amides is 1. The van der Waals surface area contributed by atoms with Gasteiger partial charge in [-0.05, 0) is 59.7 Å². The number of nitrogens with two attached hydrogens (primary N) is 1. The van der Waals surface area contributed by atoms with Crippen LogP contribution >= 0.6 is 11.6 Å². The molecule has 11 nitrogen and oxygen atoms in total. The molecule has 43 heavy (non-hydrogen) atoms. The summed E-state index contributed by atoms with van der Waals surface area (Å²) in [6.07, 6.45) is 2.64. The van der Waals surface area contributed by atoms with Crippen molar-refractivity contribution in [2.75, 3.05) is 19.7 Å². The summed E-state index contributed by atoms with van der Waals surface area (Å²) in [5, 5.41) is 20.3. The average Bonchev–Trinajstić information content (AvgIpc) is 3.53. The lowest BCUT2D eigenvalue weighted by Gasteiger charge is -2.16. The van der Waals surface area contributed by atoms with E-state index < -0.39 is 12.0 Å². The molecule has 2 amide bonds. The molecule has 12 heteroatoms. The molecular weight excluding hydrogens is 574 g/mol. The van der Waals surface area contributed by atoms with Gasteiger partial charge >= 0.3 is 0 Å². The molecule has 2 aromatic heterocycles. The SMILES string of the molecule is NC(=O)c1cc2cc(Cl)ccc2cc1OCC(=O)c1cn(CCN2CCC(O)C2=O)c2cc(Oc3cccnn3)ccc12. The highest BCUT2D eigenvalue weighted by atomic mass is 35.5. The highest BCUT2D eigenvalue weighted by Gasteiger charge is 2.29. The molecular formula is C31H26ClN5O6. The van der Waals surface area contributed by atoms with Crippen LogP contribution in [0.15, 0.2) is 73.1 Å². The minimum absolute atomic E-state index is 0.133. The molecule has 3 heterocycles. The Bertz CT molecular complexity index is 1880. The number of amides is 2. The van der Waals surface area contributed by atoms with Crippen molar-refractivity contribution in [3.05, 3.63) is 89.2 Å². The second kappa shape index (κ2) is 11.7. The molecule has 1 aliphatic rings. The van der Waals surface area contributed by atoms with Gasteiger partial charge in [0.2, 0.25) is 11.7 Å². The molecule has 0 aliphatic carbocycles. The van der Waals surface area contributed by atoms with Crippen LogP contribution in [0.5, 0.6) is 17.4 Å². The molecule has 1 aliphatic heterocycles. The topological polar surface area (TPSA) is 150 Å². The van der Waals surface area contributed by atoms with E-state index in [9.17, 15) is 19.5 Å². The quantitative estimate of drug-likeness (QED) is 0.229. The number of ketones is 1. The fourth-order valence-corrected chi connectivity index (χ4v) is 5.34. The fraction of sp³-hybridized carbons (Fsp3) is 0.194. The first-order valence-electron chi connectivity index (χ1n) is 13.5. The molecule has 1 unspecified atom stereocenters. The number of benzene rings is 3. The Hall–Kier alpha value is -5.00. The zero-order valence-electron chi connectivity index (χ0n) is 22.8. The molecule has 0 radical (unpaired) electrons. The van der Waals surface area contributed by atoms with Crippen LogP contribution in [-0.4, -0.2) is 68.2 Å². The van der Waals surface area contributed by atoms with Crippen LogP contribution in [0.2, 0.25) is 5.02 Å². The van der Waals surface area contributed by atoms with Crippen LogP contribution in [0, 0.1) is 0 Å². The first kappa shape index (κ1) is 28.1. The monoisotopic (exact) mass is 599 g/mol. The Balaban J connectivity index is 1.29. The van der Waals surface area contributed by atoms with Crippen molar-refractivity contribution < 1.29 is 29.0 Å². The van der Waals surface area contributed by atoms with E-state index in [1.54, 1.807) is 71.8 Å². The number of Topliss-reactive ketones (excluding diaryl/α,β-unsaturated/α-hetero) is 1. The molecule has 3 N–H and O–H groups in total. The number of aliphatic hydroxyl groups is 1. The van der Waals surface area contributed by atoms with Crippen LogP contribution in [0.3, 0.4) is 0 Å². The van der Waals surface area contributed by atoms with Crippen LogP contribution in [0.4, 0.5) is 0 Å². The number of carbonyl (C=O) groups excluding carboxylic acids is 3. The number of aliphatic hydroxyl groups excluding tert-OH is 1. The molecule has 1 fully saturated rings. The van der Waals surface area contributed by atoms with Crippen molar-refractivity contribution in [2.45, 2.75) is 19.1 Å². The number of fused-ring (bicyclic) bond motifs is 2. The summed E-state index contributed by atoms with van der Waals surface area (Å²) in [4.78, 5) is 39.6. The molecule has 218 valence electrons. The average molecular weight is 600 g/mol. The summed E-state index contributed by atoms with van der Waals surface area (Å²) in [6, 6.07) is 17.1. The minimum atomic E-state index is -0.986. The predicted octanol–water partition coefficient (Wildman–Crippen LogP) is 3.98. The second-order valence-electron chi connectivity index (χ2n) is 10.1. The number of halogens is 1. The van der Waals surface area contributed by atoms with Gasteiger partial charge < -0.3 is 29.8 Å². The maximum Gasteiger partial charge on any atom is 0.252 e. The van der Waals surface area contributed by atoms with Gasteiger partial charge in [-0.15, -0.1) is 5.10 Å². The van der Waals surface area contributed by atoms with Gasteiger partial charge in [-0.2, -0.15) is 5.10 Å². The summed E-state index contributed by atoms with van der Waals surface area (Å²) in [7, 11) is 0. The van der Waals surface area contributed by atoms with Crippen molar-refractivity contribution in [2.24, 2.45) is 5.73 Å². The van der Waals surface area contributed by atoms with Gasteiger partial charge in [-0.1, -0.05) is 17.7 Å². The standard InChI is InChI=1S/C31H26ClN5O6/c32-20-4-3-18-14-28(23(30(33)40)13-19(18)12-20)42-17-27(39)24-16-37(11-10-36-9-7-26(38)31(36)41)25-15-21(5-6-22(24)25)43-29-2-1-8-34-35-29/h1-6,8,12-16,26,38H,7,9-11,17H2,(H2,33,40). The van der Waals surface area contributed by atoms with Crippen molar-refractivity contribution >= 4 is 50.9 Å². The van der Waals surface area contributed by atoms with Crippen molar-refractivity contribution in [3.63, 3.8) is 0 Å². The third-order valence-electron chi connectivity index (χ3n) is 7.33. The van der Waals surface area contributed by atoms with Gasteiger partial charge in [0.05, 0.1) is 11.1 Å². The molecule has 6 rings (SSSR count). The van der Waals surface area contributed by atoms with Gasteiger partial charge in [-0.3, -0.25) is 14.4 Å². The number of likely N-dealkylation sites (tertiary alicyclic amines) is 1. The lowest BCUT2D eigenvalue weighted by molar-refractivity contribution is -0.134. The minimum Gasteiger partial charge on any atom is -0.485 e. The van der Waals surface area contributed by atoms with E-state index in [-0.39, 0.29) is 29.6 Å². The molecule has 0 saturated carbocycles. The molecule has 5 aromatic rings. The molecule has 0 bridgehead atoms. The number of aromatic nitrogens is 3. The van der Waals surface area contributed by atoms with E-state index in [0.717, 1.165) is 5.39 Å². The number of hydrogen-bond acceptors (Lipinski definition) is 8. The number of hydrogen-bond donors (Lipinski definition) is 2. The first-order chi connectivity index (χ1) is 20.8. The molecule has 3 aromatic carbocycles. The predicted molar refractivity (Wildman–Crippen MR) is 159 cm³/mol. The zero-order valence-corrected chi connectivity index (χ0v) is 23.5. The molecule has 0 spiro atoms. The van der Waals surface area contributed by atoms with Crippen molar-refractivity contribution in [3.8, 4) is 17.4 Å². The van der Waals surface area contributed by atoms with Crippen LogP contribution < -0.4 is 15.2 Å². The lowest BCUT2D eigenvalue weighted by Crippen LogP contribution is -2.32. The van der Waals surface area contributed by atoms with E-state index in [1.807, 2.05) is 4.57 Å². The van der Waals surface area contributed by atoms with Gasteiger partial charge in [0.15, 0.2) is 6.61 Å². The normalized spacial score (nSPS) is 14.9. The second-order valence-corrected chi connectivity index (χ2v) is 10.6. The van der Waals surface area contributed by atoms with Crippen LogP contribution in [0.1, 0.15) is 27.1 Å². The molecule has 1 atom stereocenters. The number of ether oxygens (including phenoxy) is 2. The van der Waals surface area contributed by atoms with E-state index >= 15 is 0 Å². The van der Waals surface area contributed by atoms with Crippen molar-refractivity contribution in [1.82, 2.24) is 19.7 Å². The summed E-state index contributed by atoms with van der Waals surface area (Å²) in [6.45, 7) is 0.825. The highest BCUT2D eigenvalue weighted by molar-refractivity contribution is 6.31. The summed E-state index contributed by atoms with van der Waals surface area (Å²) < 4.78 is 13.6. The zero-order chi connectivity index (χ0) is 30.1. The fourth-order valence-electron chi connectivity index (χ4n) is 5.16. The van der Waals surface area contributed by atoms with E-state index in [2.05, 4.69) is 10.2 Å². The van der Waals surface area contributed by atoms with Gasteiger partial charge in [0.25, 0.3) is 11.8 Å². The largest absolute Gasteiger partial charge is 0.485 e. The lowest BCUT2D eigenvalue weighted by atomic mass is 10.1. The van der Waals surface area contributed by atoms with Gasteiger partial charge in [0.1, 0.15) is 17.6 Å². The van der Waals surface area contributed by atoms with Gasteiger partial charge in [-0.25, -0.2) is 0 Å². The molecule has 1 saturated heterocycles. The Labute approximate surface area is 250 Å². The number of rotatable bonds is 10. The Morgan fingerprint density at radius 1 is 1.05 bits per heavy atom. The number of carbonyl (C=O) groups is 3. The maximum atomic E-state index is 13.5. The smallest absolute Gasteiger partial charge is 0.252 e.